The Kier molecular flexibility index (Phi) is 6.45. The van der Waals surface area contributed by atoms with Crippen LogP contribution in [-0.4, -0.2) is 72.7 Å². The molecule has 5 rings (SSSR count). The zero-order valence-electron chi connectivity index (χ0n) is 21.1. The lowest BCUT2D eigenvalue weighted by Crippen LogP contribution is -2.45. The normalized spacial score (nSPS) is 21.4. The lowest BCUT2D eigenvalue weighted by Gasteiger charge is -2.26. The summed E-state index contributed by atoms with van der Waals surface area (Å²) in [5.41, 5.74) is 1.60. The molecule has 10 nitrogen and oxygen atoms in total. The summed E-state index contributed by atoms with van der Waals surface area (Å²) in [5.74, 6) is 0.623. The second kappa shape index (κ2) is 9.46. The highest BCUT2D eigenvalue weighted by Crippen LogP contribution is 2.34. The van der Waals surface area contributed by atoms with E-state index in [1.807, 2.05) is 34.1 Å². The Labute approximate surface area is 216 Å². The van der Waals surface area contributed by atoms with Gasteiger partial charge in [0.25, 0.3) is 0 Å². The molecule has 0 spiro atoms. The first-order valence-electron chi connectivity index (χ1n) is 12.2. The molecule has 2 atom stereocenters. The van der Waals surface area contributed by atoms with Gasteiger partial charge in [-0.1, -0.05) is 18.2 Å². The van der Waals surface area contributed by atoms with E-state index in [4.69, 9.17) is 9.72 Å². The van der Waals surface area contributed by atoms with Gasteiger partial charge in [0.1, 0.15) is 11.4 Å². The van der Waals surface area contributed by atoms with E-state index in [2.05, 4.69) is 10.3 Å². The van der Waals surface area contributed by atoms with E-state index in [1.54, 1.807) is 45.3 Å². The van der Waals surface area contributed by atoms with Gasteiger partial charge in [0.2, 0.25) is 0 Å². The van der Waals surface area contributed by atoms with E-state index in [1.165, 1.54) is 0 Å². The lowest BCUT2D eigenvalue weighted by molar-refractivity contribution is 0.0461. The predicted octanol–water partition coefficient (Wildman–Crippen LogP) is 2.50. The Morgan fingerprint density at radius 1 is 1.16 bits per heavy atom. The summed E-state index contributed by atoms with van der Waals surface area (Å²) in [4.78, 5) is 25.7. The van der Waals surface area contributed by atoms with Crippen LogP contribution in [0.5, 0.6) is 0 Å². The van der Waals surface area contributed by atoms with E-state index in [-0.39, 0.29) is 5.75 Å². The Morgan fingerprint density at radius 3 is 2.73 bits per heavy atom. The van der Waals surface area contributed by atoms with E-state index in [0.29, 0.717) is 42.4 Å². The van der Waals surface area contributed by atoms with Gasteiger partial charge in [-0.25, -0.2) is 18.2 Å². The molecule has 1 fully saturated rings. The van der Waals surface area contributed by atoms with Gasteiger partial charge in [-0.3, -0.25) is 4.98 Å². The SMILES string of the molecule is CC(C)(C)OC(=O)N[C@@H]1CN(c2cc(N3CCS(=O)(=O)c4ccccc4C3)nc3ccncc23)C[C@H]1O. The van der Waals surface area contributed by atoms with Crippen LogP contribution in [0, 0.1) is 0 Å². The van der Waals surface area contributed by atoms with Gasteiger partial charge in [0.05, 0.1) is 34.0 Å². The number of alkyl carbamates (subject to hydrolysis) is 1. The van der Waals surface area contributed by atoms with E-state index in [9.17, 15) is 18.3 Å². The second-order valence-electron chi connectivity index (χ2n) is 10.5. The zero-order chi connectivity index (χ0) is 26.4. The monoisotopic (exact) mass is 525 g/mol. The summed E-state index contributed by atoms with van der Waals surface area (Å²) < 4.78 is 31.1. The molecule has 1 amide bonds. The third kappa shape index (κ3) is 5.33. The minimum Gasteiger partial charge on any atom is -0.444 e. The molecule has 0 bridgehead atoms. The molecule has 37 heavy (non-hydrogen) atoms. The van der Waals surface area contributed by atoms with Crippen LogP contribution < -0.4 is 15.1 Å². The Bertz CT molecular complexity index is 1440. The third-order valence-corrected chi connectivity index (χ3v) is 8.32. The Balaban J connectivity index is 1.46. The third-order valence-electron chi connectivity index (χ3n) is 6.53. The van der Waals surface area contributed by atoms with Crippen LogP contribution in [0.2, 0.25) is 0 Å². The molecular weight excluding hydrogens is 494 g/mol. The number of anilines is 2. The number of fused-ring (bicyclic) bond motifs is 2. The summed E-state index contributed by atoms with van der Waals surface area (Å²) in [7, 11) is -3.40. The van der Waals surface area contributed by atoms with Crippen LogP contribution in [0.4, 0.5) is 16.3 Å². The molecule has 196 valence electrons. The molecule has 4 heterocycles. The lowest BCUT2D eigenvalue weighted by atomic mass is 10.2. The van der Waals surface area contributed by atoms with Gasteiger partial charge < -0.3 is 25.0 Å². The number of sulfone groups is 1. The number of nitrogens with zero attached hydrogens (tertiary/aromatic N) is 4. The van der Waals surface area contributed by atoms with Crippen molar-refractivity contribution in [3.05, 3.63) is 54.4 Å². The maximum Gasteiger partial charge on any atom is 0.408 e. The molecule has 2 aromatic heterocycles. The number of hydrogen-bond donors (Lipinski definition) is 2. The number of amides is 1. The maximum atomic E-state index is 12.9. The molecule has 2 aliphatic rings. The number of nitrogens with one attached hydrogen (secondary N) is 1. The highest BCUT2D eigenvalue weighted by atomic mass is 32.2. The number of β-amino-alcohol motifs (C(OH)–C–C–N with tert-alkyl or cyclic N) is 1. The van der Waals surface area contributed by atoms with Gasteiger partial charge in [-0.05, 0) is 38.5 Å². The van der Waals surface area contributed by atoms with Gasteiger partial charge >= 0.3 is 6.09 Å². The number of rotatable bonds is 3. The summed E-state index contributed by atoms with van der Waals surface area (Å²) >= 11 is 0. The van der Waals surface area contributed by atoms with Crippen molar-refractivity contribution in [1.29, 1.82) is 0 Å². The van der Waals surface area contributed by atoms with Gasteiger partial charge in [-0.15, -0.1) is 0 Å². The van der Waals surface area contributed by atoms with Crippen molar-refractivity contribution in [1.82, 2.24) is 15.3 Å². The van der Waals surface area contributed by atoms with Gasteiger partial charge in [0.15, 0.2) is 9.84 Å². The van der Waals surface area contributed by atoms with E-state index < -0.39 is 33.7 Å². The van der Waals surface area contributed by atoms with E-state index >= 15 is 0 Å². The summed E-state index contributed by atoms with van der Waals surface area (Å²) in [6, 6.07) is 10.3. The van der Waals surface area contributed by atoms with Crippen LogP contribution in [0.15, 0.2) is 53.7 Å². The molecule has 0 unspecified atom stereocenters. The first-order valence-corrected chi connectivity index (χ1v) is 13.9. The predicted molar refractivity (Wildman–Crippen MR) is 140 cm³/mol. The molecule has 0 saturated carbocycles. The molecule has 2 aliphatic heterocycles. The average molecular weight is 526 g/mol. The first kappa shape index (κ1) is 25.2. The second-order valence-corrected chi connectivity index (χ2v) is 12.5. The smallest absolute Gasteiger partial charge is 0.408 e. The molecule has 0 radical (unpaired) electrons. The quantitative estimate of drug-likeness (QED) is 0.531. The van der Waals surface area contributed by atoms with Crippen molar-refractivity contribution in [3.8, 4) is 0 Å². The minimum absolute atomic E-state index is 0.0142. The molecule has 3 aromatic rings. The van der Waals surface area contributed by atoms with Crippen LogP contribution in [0.25, 0.3) is 10.9 Å². The molecular formula is C26H31N5O5S. The van der Waals surface area contributed by atoms with Crippen molar-refractivity contribution >= 4 is 38.3 Å². The number of benzene rings is 1. The average Bonchev–Trinajstić information content (AvgIpc) is 3.12. The first-order chi connectivity index (χ1) is 17.5. The largest absolute Gasteiger partial charge is 0.444 e. The zero-order valence-corrected chi connectivity index (χ0v) is 21.9. The molecule has 1 saturated heterocycles. The molecule has 1 aromatic carbocycles. The Hall–Kier alpha value is -3.44. The number of aromatic nitrogens is 2. The Morgan fingerprint density at radius 2 is 1.95 bits per heavy atom. The standard InChI is InChI=1S/C26H31N5O5S/c1-26(2,3)36-25(33)29-20-15-31(16-22(20)32)21-12-24(28-19-8-9-27-13-18(19)21)30-10-11-37(34,35)23-7-5-4-6-17(23)14-30/h4-9,12-13,20,22,32H,10-11,14-16H2,1-3H3,(H,29,33)/t20-,22-/m1/s1. The van der Waals surface area contributed by atoms with Crippen molar-refractivity contribution in [2.24, 2.45) is 0 Å². The molecule has 2 N–H and O–H groups in total. The molecule has 11 heteroatoms. The topological polar surface area (TPSA) is 125 Å². The molecule has 0 aliphatic carbocycles. The number of aliphatic hydroxyl groups excluding tert-OH is 1. The van der Waals surface area contributed by atoms with Crippen molar-refractivity contribution < 1.29 is 23.1 Å². The fourth-order valence-electron chi connectivity index (χ4n) is 4.80. The fraction of sp³-hybridized carbons (Fsp3) is 0.423. The number of ether oxygens (including phenoxy) is 1. The van der Waals surface area contributed by atoms with Crippen molar-refractivity contribution in [3.63, 3.8) is 0 Å². The number of carbonyl (C=O) groups is 1. The highest BCUT2D eigenvalue weighted by Gasteiger charge is 2.35. The van der Waals surface area contributed by atoms with Crippen LogP contribution in [-0.2, 0) is 21.1 Å². The number of aliphatic hydroxyl groups is 1. The van der Waals surface area contributed by atoms with Crippen molar-refractivity contribution in [2.75, 3.05) is 35.2 Å². The summed E-state index contributed by atoms with van der Waals surface area (Å²) in [5, 5.41) is 14.3. The van der Waals surface area contributed by atoms with Crippen molar-refractivity contribution in [2.45, 2.75) is 50.0 Å². The number of hydrogen-bond acceptors (Lipinski definition) is 9. The number of pyridine rings is 2. The van der Waals surface area contributed by atoms with Crippen LogP contribution in [0.1, 0.15) is 26.3 Å². The summed E-state index contributed by atoms with van der Waals surface area (Å²) in [6.45, 7) is 6.72. The van der Waals surface area contributed by atoms with Gasteiger partial charge in [-0.2, -0.15) is 0 Å². The van der Waals surface area contributed by atoms with Crippen LogP contribution in [0.3, 0.4) is 0 Å². The fourth-order valence-corrected chi connectivity index (χ4v) is 6.30. The minimum atomic E-state index is -3.40. The van der Waals surface area contributed by atoms with Gasteiger partial charge in [0, 0.05) is 50.0 Å². The maximum absolute atomic E-state index is 12.9. The van der Waals surface area contributed by atoms with Crippen LogP contribution >= 0.6 is 0 Å². The summed E-state index contributed by atoms with van der Waals surface area (Å²) in [6.07, 6.45) is 2.01. The highest BCUT2D eigenvalue weighted by molar-refractivity contribution is 7.91. The van der Waals surface area contributed by atoms with E-state index in [0.717, 1.165) is 16.6 Å². The number of carbonyl (C=O) groups excluding carboxylic acids is 1.